The fourth-order valence-electron chi connectivity index (χ4n) is 7.20. The molecule has 3 heterocycles. The molecule has 3 unspecified atom stereocenters. The van der Waals surface area contributed by atoms with Crippen molar-refractivity contribution in [2.75, 3.05) is 24.7 Å². The Labute approximate surface area is 261 Å². The van der Waals surface area contributed by atoms with Crippen LogP contribution in [0.2, 0.25) is 0 Å². The van der Waals surface area contributed by atoms with Gasteiger partial charge in [-0.3, -0.25) is 14.4 Å². The molecule has 0 aliphatic carbocycles. The summed E-state index contributed by atoms with van der Waals surface area (Å²) in [5.74, 6) is -3.06. The van der Waals surface area contributed by atoms with Gasteiger partial charge in [-0.2, -0.15) is 0 Å². The quantitative estimate of drug-likeness (QED) is 0.141. The number of carbonyl (C=O) groups is 3. The summed E-state index contributed by atoms with van der Waals surface area (Å²) in [6.07, 6.45) is 5.62. The number of nitrogens with zero attached hydrogens (tertiary/aromatic N) is 2. The van der Waals surface area contributed by atoms with Crippen LogP contribution in [-0.4, -0.2) is 76.2 Å². The number of likely N-dealkylation sites (tertiary alicyclic amines) is 1. The number of halogens is 1. The van der Waals surface area contributed by atoms with Gasteiger partial charge < -0.3 is 24.4 Å². The number of benzene rings is 2. The van der Waals surface area contributed by atoms with E-state index in [-0.39, 0.29) is 42.3 Å². The minimum atomic E-state index is -1.25. The van der Waals surface area contributed by atoms with Crippen LogP contribution >= 0.6 is 15.9 Å². The van der Waals surface area contributed by atoms with Gasteiger partial charge in [0.1, 0.15) is 11.6 Å². The van der Waals surface area contributed by atoms with Crippen LogP contribution < -0.4 is 4.90 Å². The minimum Gasteiger partial charge on any atom is -0.465 e. The summed E-state index contributed by atoms with van der Waals surface area (Å²) in [7, 11) is 0. The van der Waals surface area contributed by atoms with E-state index in [1.54, 1.807) is 11.0 Å². The number of aliphatic hydroxyl groups is 1. The molecular formula is C34H41BrN2O6. The summed E-state index contributed by atoms with van der Waals surface area (Å²) < 4.78 is 12.3. The summed E-state index contributed by atoms with van der Waals surface area (Å²) >= 11 is 3.71. The first kappa shape index (κ1) is 31.4. The highest BCUT2D eigenvalue weighted by Gasteiger charge is 2.77. The molecule has 2 amide bonds. The van der Waals surface area contributed by atoms with Gasteiger partial charge in [0.15, 0.2) is 0 Å². The van der Waals surface area contributed by atoms with Crippen molar-refractivity contribution >= 4 is 50.2 Å². The predicted octanol–water partition coefficient (Wildman–Crippen LogP) is 5.02. The van der Waals surface area contributed by atoms with Crippen molar-refractivity contribution in [1.82, 2.24) is 4.90 Å². The molecule has 0 aromatic heterocycles. The number of esters is 1. The number of ether oxygens (including phenoxy) is 2. The molecule has 8 nitrogen and oxygen atoms in total. The van der Waals surface area contributed by atoms with Crippen molar-refractivity contribution in [2.45, 2.75) is 68.1 Å². The first-order valence-electron chi connectivity index (χ1n) is 15.1. The molecule has 43 heavy (non-hydrogen) atoms. The van der Waals surface area contributed by atoms with Gasteiger partial charge in [-0.15, -0.1) is 13.2 Å². The van der Waals surface area contributed by atoms with Crippen molar-refractivity contribution < 1.29 is 29.0 Å². The van der Waals surface area contributed by atoms with E-state index >= 15 is 0 Å². The second-order valence-corrected chi connectivity index (χ2v) is 13.3. The molecule has 2 aromatic rings. The number of hydrogen-bond acceptors (Lipinski definition) is 6. The zero-order chi connectivity index (χ0) is 30.9. The van der Waals surface area contributed by atoms with E-state index in [0.717, 1.165) is 23.6 Å². The lowest BCUT2D eigenvalue weighted by molar-refractivity contribution is -0.156. The van der Waals surface area contributed by atoms with Crippen molar-refractivity contribution in [3.8, 4) is 0 Å². The molecule has 3 saturated heterocycles. The number of alkyl halides is 1. The molecule has 1 spiro atoms. The topological polar surface area (TPSA) is 96.4 Å². The molecule has 0 saturated carbocycles. The van der Waals surface area contributed by atoms with Gasteiger partial charge in [0, 0.05) is 17.1 Å². The SMILES string of the molecule is C=CCCCCOC(=O)[C@H]1[C@H]2C(=O)N([C@@H](CO)C(C)C)C(C(=O)N(CC=C)c3ccc4ccccc4c3)C23CC(Br)[C@@H]1O3. The van der Waals surface area contributed by atoms with Crippen LogP contribution in [0.15, 0.2) is 67.8 Å². The van der Waals surface area contributed by atoms with Crippen LogP contribution in [0.25, 0.3) is 10.8 Å². The molecule has 3 aliphatic heterocycles. The lowest BCUT2D eigenvalue weighted by Gasteiger charge is -2.40. The first-order valence-corrected chi connectivity index (χ1v) is 16.0. The number of allylic oxidation sites excluding steroid dienone is 1. The van der Waals surface area contributed by atoms with Crippen molar-refractivity contribution in [3.05, 3.63) is 67.8 Å². The molecule has 230 valence electrons. The van der Waals surface area contributed by atoms with Crippen LogP contribution in [0.4, 0.5) is 5.69 Å². The van der Waals surface area contributed by atoms with Crippen LogP contribution in [-0.2, 0) is 23.9 Å². The largest absolute Gasteiger partial charge is 0.465 e. The standard InChI is InChI=1S/C34H41BrN2O6/c1-5-7-8-11-17-42-33(41)27-28-31(39)37(26(20-38)21(3)4)30(34(28)19-25(35)29(27)43-34)32(40)36(16-6-2)24-15-14-22-12-9-10-13-23(22)18-24/h5-6,9-10,12-15,18,21,25-30,38H,1-2,7-8,11,16-17,19-20H2,3-4H3/t25?,26-,27-,28-,29-,30?,34?/m0/s1. The predicted molar refractivity (Wildman–Crippen MR) is 170 cm³/mol. The smallest absolute Gasteiger partial charge is 0.312 e. The number of fused-ring (bicyclic) bond motifs is 2. The highest BCUT2D eigenvalue weighted by Crippen LogP contribution is 2.61. The van der Waals surface area contributed by atoms with E-state index in [4.69, 9.17) is 9.47 Å². The van der Waals surface area contributed by atoms with E-state index < -0.39 is 41.6 Å². The Morgan fingerprint density at radius 1 is 1.19 bits per heavy atom. The number of amides is 2. The van der Waals surface area contributed by atoms with Gasteiger partial charge in [-0.1, -0.05) is 72.3 Å². The molecule has 2 bridgehead atoms. The molecule has 0 radical (unpaired) electrons. The Balaban J connectivity index is 1.55. The molecule has 3 aliphatic rings. The molecule has 2 aromatic carbocycles. The van der Waals surface area contributed by atoms with Gasteiger partial charge in [-0.05, 0) is 54.5 Å². The van der Waals surface area contributed by atoms with E-state index in [2.05, 4.69) is 29.1 Å². The molecule has 5 rings (SSSR count). The van der Waals surface area contributed by atoms with E-state index in [9.17, 15) is 19.5 Å². The summed E-state index contributed by atoms with van der Waals surface area (Å²) in [4.78, 5) is 45.7. The third-order valence-electron chi connectivity index (χ3n) is 9.22. The number of unbranched alkanes of at least 4 members (excludes halogenated alkanes) is 2. The monoisotopic (exact) mass is 652 g/mol. The zero-order valence-electron chi connectivity index (χ0n) is 24.9. The summed E-state index contributed by atoms with van der Waals surface area (Å²) in [6, 6.07) is 12.0. The Morgan fingerprint density at radius 3 is 2.60 bits per heavy atom. The molecule has 1 N–H and O–H groups in total. The normalized spacial score (nSPS) is 28.3. The molecule has 9 heteroatoms. The lowest BCUT2D eigenvalue weighted by Crippen LogP contribution is -2.60. The Hall–Kier alpha value is -3.01. The van der Waals surface area contributed by atoms with Gasteiger partial charge in [-0.25, -0.2) is 0 Å². The van der Waals surface area contributed by atoms with Crippen molar-refractivity contribution in [2.24, 2.45) is 17.8 Å². The second kappa shape index (κ2) is 12.9. The van der Waals surface area contributed by atoms with Gasteiger partial charge >= 0.3 is 5.97 Å². The number of carbonyl (C=O) groups excluding carboxylic acids is 3. The van der Waals surface area contributed by atoms with Crippen LogP contribution in [0.1, 0.15) is 39.5 Å². The van der Waals surface area contributed by atoms with Gasteiger partial charge in [0.2, 0.25) is 5.91 Å². The zero-order valence-corrected chi connectivity index (χ0v) is 26.4. The van der Waals surface area contributed by atoms with Crippen molar-refractivity contribution in [1.29, 1.82) is 0 Å². The molecule has 3 fully saturated rings. The second-order valence-electron chi connectivity index (χ2n) is 12.1. The maximum absolute atomic E-state index is 14.8. The molecule has 7 atom stereocenters. The maximum atomic E-state index is 14.8. The first-order chi connectivity index (χ1) is 20.7. The van der Waals surface area contributed by atoms with E-state index in [0.29, 0.717) is 18.5 Å². The van der Waals surface area contributed by atoms with Gasteiger partial charge in [0.05, 0.1) is 37.2 Å². The fraction of sp³-hybridized carbons (Fsp3) is 0.500. The van der Waals surface area contributed by atoms with Gasteiger partial charge in [0.25, 0.3) is 5.91 Å². The van der Waals surface area contributed by atoms with E-state index in [1.165, 1.54) is 4.90 Å². The summed E-state index contributed by atoms with van der Waals surface area (Å²) in [6.45, 7) is 11.6. The minimum absolute atomic E-state index is 0.153. The Kier molecular flexibility index (Phi) is 9.44. The number of aliphatic hydroxyl groups excluding tert-OH is 1. The van der Waals surface area contributed by atoms with Crippen LogP contribution in [0, 0.1) is 17.8 Å². The van der Waals surface area contributed by atoms with Crippen LogP contribution in [0.3, 0.4) is 0 Å². The Morgan fingerprint density at radius 2 is 1.93 bits per heavy atom. The average Bonchev–Trinajstić information content (AvgIpc) is 3.59. The van der Waals surface area contributed by atoms with Crippen LogP contribution in [0.5, 0.6) is 0 Å². The number of hydrogen-bond donors (Lipinski definition) is 1. The van der Waals surface area contributed by atoms with Crippen molar-refractivity contribution in [3.63, 3.8) is 0 Å². The summed E-state index contributed by atoms with van der Waals surface area (Å²) in [5, 5.41) is 12.5. The third kappa shape index (κ3) is 5.44. The number of rotatable bonds is 13. The third-order valence-corrected chi connectivity index (χ3v) is 10.1. The Bertz CT molecular complexity index is 1400. The maximum Gasteiger partial charge on any atom is 0.312 e. The number of anilines is 1. The lowest BCUT2D eigenvalue weighted by atomic mass is 9.70. The van der Waals surface area contributed by atoms with E-state index in [1.807, 2.05) is 62.4 Å². The highest BCUT2D eigenvalue weighted by atomic mass is 79.9. The molecular weight excluding hydrogens is 612 g/mol. The fourth-order valence-corrected chi connectivity index (χ4v) is 8.14. The average molecular weight is 654 g/mol. The summed E-state index contributed by atoms with van der Waals surface area (Å²) in [5.41, 5.74) is -0.586. The highest BCUT2D eigenvalue weighted by molar-refractivity contribution is 9.09.